The summed E-state index contributed by atoms with van der Waals surface area (Å²) < 4.78 is 1.68. The summed E-state index contributed by atoms with van der Waals surface area (Å²) in [4.78, 5) is 23.5. The molecule has 0 amide bonds. The van der Waals surface area contributed by atoms with Gasteiger partial charge in [-0.2, -0.15) is 0 Å². The number of para-hydroxylation sites is 1. The first-order chi connectivity index (χ1) is 13.2. The van der Waals surface area contributed by atoms with Crippen molar-refractivity contribution in [2.75, 3.05) is 0 Å². The Hall–Kier alpha value is -3.23. The van der Waals surface area contributed by atoms with E-state index in [0.717, 1.165) is 22.1 Å². The van der Waals surface area contributed by atoms with Crippen molar-refractivity contribution < 1.29 is 0 Å². The fourth-order valence-corrected chi connectivity index (χ4v) is 3.54. The highest BCUT2D eigenvalue weighted by Crippen LogP contribution is 2.17. The first-order valence-corrected chi connectivity index (χ1v) is 9.59. The molecule has 0 aliphatic rings. The quantitative estimate of drug-likeness (QED) is 0.498. The molecule has 2 heterocycles. The monoisotopic (exact) mass is 371 g/mol. The molecular formula is C22H17N3OS. The van der Waals surface area contributed by atoms with Crippen LogP contribution in [0.1, 0.15) is 28.9 Å². The number of aromatic nitrogens is 3. The third kappa shape index (κ3) is 3.16. The fourth-order valence-electron chi connectivity index (χ4n) is 3.01. The first kappa shape index (κ1) is 17.2. The van der Waals surface area contributed by atoms with Crippen molar-refractivity contribution in [3.8, 4) is 17.5 Å². The van der Waals surface area contributed by atoms with Crippen LogP contribution >= 0.6 is 11.3 Å². The summed E-state index contributed by atoms with van der Waals surface area (Å²) in [5.41, 5.74) is 4.59. The zero-order valence-corrected chi connectivity index (χ0v) is 15.9. The number of rotatable bonds is 2. The Morgan fingerprint density at radius 3 is 2.59 bits per heavy atom. The van der Waals surface area contributed by atoms with Gasteiger partial charge in [0.2, 0.25) is 0 Å². The van der Waals surface area contributed by atoms with Crippen LogP contribution in [0.4, 0.5) is 0 Å². The molecule has 4 rings (SSSR count). The van der Waals surface area contributed by atoms with Crippen LogP contribution in [0.3, 0.4) is 0 Å². The van der Waals surface area contributed by atoms with E-state index in [1.165, 1.54) is 0 Å². The number of fused-ring (bicyclic) bond motifs is 1. The summed E-state index contributed by atoms with van der Waals surface area (Å²) in [6.07, 6.45) is 0.661. The second kappa shape index (κ2) is 7.18. The molecule has 0 N–H and O–H groups in total. The maximum atomic E-state index is 13.4. The van der Waals surface area contributed by atoms with E-state index in [2.05, 4.69) is 16.8 Å². The lowest BCUT2D eigenvalue weighted by Gasteiger charge is -2.13. The lowest BCUT2D eigenvalue weighted by molar-refractivity contribution is 0.833. The maximum Gasteiger partial charge on any atom is 0.267 e. The third-order valence-electron chi connectivity index (χ3n) is 4.36. The van der Waals surface area contributed by atoms with Crippen LogP contribution in [0.15, 0.2) is 58.8 Å². The van der Waals surface area contributed by atoms with E-state index in [0.29, 0.717) is 22.9 Å². The lowest BCUT2D eigenvalue weighted by atomic mass is 10.1. The van der Waals surface area contributed by atoms with E-state index < -0.39 is 0 Å². The van der Waals surface area contributed by atoms with Crippen molar-refractivity contribution in [3.05, 3.63) is 86.4 Å². The summed E-state index contributed by atoms with van der Waals surface area (Å²) in [6.45, 7) is 3.99. The SMILES string of the molecule is CCc1nc2cccc(C#Cc3ncsc3C)c2c(=O)n1-c1ccccc1. The molecule has 4 aromatic rings. The van der Waals surface area contributed by atoms with Crippen molar-refractivity contribution in [3.63, 3.8) is 0 Å². The van der Waals surface area contributed by atoms with Gasteiger partial charge < -0.3 is 0 Å². The normalized spacial score (nSPS) is 10.6. The predicted octanol–water partition coefficient (Wildman–Crippen LogP) is 4.11. The smallest absolute Gasteiger partial charge is 0.267 e. The van der Waals surface area contributed by atoms with E-state index in [4.69, 9.17) is 4.98 Å². The molecule has 0 saturated carbocycles. The molecule has 2 aromatic heterocycles. The van der Waals surface area contributed by atoms with Gasteiger partial charge in [0.05, 0.1) is 22.1 Å². The molecule has 0 radical (unpaired) electrons. The summed E-state index contributed by atoms with van der Waals surface area (Å²) in [7, 11) is 0. The Morgan fingerprint density at radius 1 is 1.07 bits per heavy atom. The molecule has 0 spiro atoms. The van der Waals surface area contributed by atoms with Crippen molar-refractivity contribution >= 4 is 22.2 Å². The molecular weight excluding hydrogens is 354 g/mol. The summed E-state index contributed by atoms with van der Waals surface area (Å²) >= 11 is 1.56. The van der Waals surface area contributed by atoms with Gasteiger partial charge in [-0.3, -0.25) is 9.36 Å². The van der Waals surface area contributed by atoms with Gasteiger partial charge in [-0.05, 0) is 37.1 Å². The third-order valence-corrected chi connectivity index (χ3v) is 5.12. The molecule has 5 heteroatoms. The van der Waals surface area contributed by atoms with E-state index >= 15 is 0 Å². The number of aryl methyl sites for hydroxylation is 2. The van der Waals surface area contributed by atoms with Gasteiger partial charge in [-0.25, -0.2) is 9.97 Å². The Kier molecular flexibility index (Phi) is 4.57. The van der Waals surface area contributed by atoms with Gasteiger partial charge >= 0.3 is 0 Å². The molecule has 27 heavy (non-hydrogen) atoms. The van der Waals surface area contributed by atoms with Crippen LogP contribution in [-0.4, -0.2) is 14.5 Å². The molecule has 4 nitrogen and oxygen atoms in total. The molecule has 0 aliphatic carbocycles. The zero-order chi connectivity index (χ0) is 18.8. The second-order valence-electron chi connectivity index (χ2n) is 6.06. The largest absolute Gasteiger partial charge is 0.268 e. The average Bonchev–Trinajstić information content (AvgIpc) is 3.11. The number of hydrogen-bond acceptors (Lipinski definition) is 4. The summed E-state index contributed by atoms with van der Waals surface area (Å²) in [6, 6.07) is 15.2. The topological polar surface area (TPSA) is 47.8 Å². The molecule has 2 aromatic carbocycles. The van der Waals surface area contributed by atoms with Crippen LogP contribution in [0.5, 0.6) is 0 Å². The number of hydrogen-bond donors (Lipinski definition) is 0. The fraction of sp³-hybridized carbons (Fsp3) is 0.136. The summed E-state index contributed by atoms with van der Waals surface area (Å²) in [5, 5.41) is 0.541. The minimum atomic E-state index is -0.0945. The van der Waals surface area contributed by atoms with Crippen LogP contribution in [0.25, 0.3) is 16.6 Å². The minimum absolute atomic E-state index is 0.0945. The first-order valence-electron chi connectivity index (χ1n) is 8.71. The van der Waals surface area contributed by atoms with E-state index in [1.54, 1.807) is 21.4 Å². The zero-order valence-electron chi connectivity index (χ0n) is 15.1. The van der Waals surface area contributed by atoms with Gasteiger partial charge in [-0.1, -0.05) is 37.1 Å². The van der Waals surface area contributed by atoms with Crippen LogP contribution in [0.2, 0.25) is 0 Å². The highest BCUT2D eigenvalue weighted by Gasteiger charge is 2.13. The van der Waals surface area contributed by atoms with Gasteiger partial charge in [0.15, 0.2) is 0 Å². The predicted molar refractivity (Wildman–Crippen MR) is 110 cm³/mol. The molecule has 132 valence electrons. The van der Waals surface area contributed by atoms with Crippen LogP contribution < -0.4 is 5.56 Å². The van der Waals surface area contributed by atoms with E-state index in [9.17, 15) is 4.79 Å². The summed E-state index contributed by atoms with van der Waals surface area (Å²) in [5.74, 6) is 6.95. The Bertz CT molecular complexity index is 1240. The van der Waals surface area contributed by atoms with Gasteiger partial charge in [-0.15, -0.1) is 11.3 Å². The molecule has 0 aliphatic heterocycles. The standard InChI is InChI=1S/C22H17N3OS/c1-3-20-24-19-11-7-8-16(12-13-18-15(2)27-14-23-18)21(19)22(26)25(20)17-9-5-4-6-10-17/h4-11,14H,3H2,1-2H3. The Labute approximate surface area is 161 Å². The van der Waals surface area contributed by atoms with Crippen LogP contribution in [0, 0.1) is 18.8 Å². The van der Waals surface area contributed by atoms with E-state index in [1.807, 2.05) is 62.4 Å². The highest BCUT2D eigenvalue weighted by molar-refractivity contribution is 7.09. The maximum absolute atomic E-state index is 13.4. The number of nitrogens with zero attached hydrogens (tertiary/aromatic N) is 3. The van der Waals surface area contributed by atoms with Crippen molar-refractivity contribution in [1.82, 2.24) is 14.5 Å². The highest BCUT2D eigenvalue weighted by atomic mass is 32.1. The van der Waals surface area contributed by atoms with Crippen molar-refractivity contribution in [2.24, 2.45) is 0 Å². The molecule has 0 atom stereocenters. The Morgan fingerprint density at radius 2 is 1.89 bits per heavy atom. The molecule has 0 saturated heterocycles. The van der Waals surface area contributed by atoms with Crippen molar-refractivity contribution in [2.45, 2.75) is 20.3 Å². The number of thiazole rings is 1. The van der Waals surface area contributed by atoms with Crippen LogP contribution in [-0.2, 0) is 6.42 Å². The lowest BCUT2D eigenvalue weighted by Crippen LogP contribution is -2.24. The van der Waals surface area contributed by atoms with Gasteiger partial charge in [0.25, 0.3) is 5.56 Å². The van der Waals surface area contributed by atoms with Gasteiger partial charge in [0.1, 0.15) is 11.5 Å². The molecule has 0 fully saturated rings. The minimum Gasteiger partial charge on any atom is -0.268 e. The number of benzene rings is 2. The van der Waals surface area contributed by atoms with Crippen molar-refractivity contribution in [1.29, 1.82) is 0 Å². The Balaban J connectivity index is 1.99. The second-order valence-corrected chi connectivity index (χ2v) is 7.12. The van der Waals surface area contributed by atoms with E-state index in [-0.39, 0.29) is 5.56 Å². The molecule has 0 bridgehead atoms. The van der Waals surface area contributed by atoms with Gasteiger partial charge in [0, 0.05) is 16.9 Å². The molecule has 0 unspecified atom stereocenters. The average molecular weight is 371 g/mol.